The van der Waals surface area contributed by atoms with Gasteiger partial charge in [-0.05, 0) is 55.7 Å². The minimum atomic E-state index is -1.27. The third-order valence-corrected chi connectivity index (χ3v) is 6.45. The molecule has 1 atom stereocenters. The molecule has 0 fully saturated rings. The van der Waals surface area contributed by atoms with Crippen LogP contribution >= 0.6 is 22.9 Å². The Labute approximate surface area is 203 Å². The van der Waals surface area contributed by atoms with Crippen LogP contribution in [0.15, 0.2) is 69.6 Å². The van der Waals surface area contributed by atoms with E-state index in [0.717, 1.165) is 0 Å². The average molecular weight is 496 g/mol. The van der Waals surface area contributed by atoms with Gasteiger partial charge in [0, 0.05) is 5.02 Å². The normalized spacial score (nSPS) is 15.8. The van der Waals surface area contributed by atoms with Gasteiger partial charge >= 0.3 is 5.97 Å². The number of esters is 1. The van der Waals surface area contributed by atoms with Crippen molar-refractivity contribution in [2.75, 3.05) is 0 Å². The first-order chi connectivity index (χ1) is 16.2. The van der Waals surface area contributed by atoms with E-state index in [0.29, 0.717) is 31.2 Å². The van der Waals surface area contributed by atoms with Crippen LogP contribution in [0.5, 0.6) is 0 Å². The van der Waals surface area contributed by atoms with Crippen molar-refractivity contribution in [2.24, 2.45) is 4.99 Å². The van der Waals surface area contributed by atoms with Gasteiger partial charge in [0.2, 0.25) is 0 Å². The Balaban J connectivity index is 1.90. The van der Waals surface area contributed by atoms with E-state index in [-0.39, 0.29) is 22.8 Å². The SMILES string of the molecule is CC1=C(C(=O)OC(C)C)[C@@H](c2ccc(Cl)cc2)n2c(s/c(=C/c3ccc(C(=O)[O-])cc3)c2=O)=N1. The topological polar surface area (TPSA) is 101 Å². The Morgan fingerprint density at radius 1 is 1.15 bits per heavy atom. The highest BCUT2D eigenvalue weighted by molar-refractivity contribution is 7.07. The highest BCUT2D eigenvalue weighted by Gasteiger charge is 2.33. The van der Waals surface area contributed by atoms with E-state index in [4.69, 9.17) is 16.3 Å². The van der Waals surface area contributed by atoms with E-state index in [1.165, 1.54) is 28.0 Å². The highest BCUT2D eigenvalue weighted by atomic mass is 35.5. The van der Waals surface area contributed by atoms with Crippen LogP contribution in [0.25, 0.3) is 6.08 Å². The van der Waals surface area contributed by atoms with Crippen LogP contribution in [0, 0.1) is 0 Å². The smallest absolute Gasteiger partial charge is 0.338 e. The second kappa shape index (κ2) is 9.40. The molecule has 0 spiro atoms. The number of benzene rings is 2. The molecule has 0 unspecified atom stereocenters. The summed E-state index contributed by atoms with van der Waals surface area (Å²) in [5, 5.41) is 11.5. The molecule has 0 N–H and O–H groups in total. The molecule has 174 valence electrons. The van der Waals surface area contributed by atoms with Gasteiger partial charge in [-0.1, -0.05) is 59.3 Å². The number of rotatable bonds is 5. The third kappa shape index (κ3) is 4.60. The quantitative estimate of drug-likeness (QED) is 0.505. The fraction of sp³-hybridized carbons (Fsp3) is 0.200. The lowest BCUT2D eigenvalue weighted by molar-refractivity contribution is -0.255. The molecule has 0 saturated heterocycles. The van der Waals surface area contributed by atoms with Crippen molar-refractivity contribution in [1.29, 1.82) is 0 Å². The van der Waals surface area contributed by atoms with Gasteiger partial charge < -0.3 is 14.6 Å². The zero-order chi connectivity index (χ0) is 24.6. The molecule has 34 heavy (non-hydrogen) atoms. The number of carboxylic acid groups (broad SMARTS) is 1. The maximum absolute atomic E-state index is 13.5. The number of thiazole rings is 1. The number of aromatic carboxylic acids is 1. The van der Waals surface area contributed by atoms with Gasteiger partial charge in [-0.3, -0.25) is 9.36 Å². The summed E-state index contributed by atoms with van der Waals surface area (Å²) in [6, 6.07) is 12.2. The standard InChI is InChI=1S/C25H21ClN2O5S/c1-13(2)33-24(32)20-14(3)27-25-28(21(20)16-8-10-18(26)11-9-16)22(29)19(34-25)12-15-4-6-17(7-5-15)23(30)31/h4-13,21H,1-3H3,(H,30,31)/p-1/b19-12+/t21-/m1/s1. The first-order valence-electron chi connectivity index (χ1n) is 10.5. The fourth-order valence-electron chi connectivity index (χ4n) is 3.69. The largest absolute Gasteiger partial charge is 0.545 e. The summed E-state index contributed by atoms with van der Waals surface area (Å²) in [4.78, 5) is 42.5. The molecule has 4 rings (SSSR count). The van der Waals surface area contributed by atoms with Crippen molar-refractivity contribution < 1.29 is 19.4 Å². The van der Waals surface area contributed by atoms with Gasteiger partial charge in [-0.25, -0.2) is 9.79 Å². The minimum Gasteiger partial charge on any atom is -0.545 e. The van der Waals surface area contributed by atoms with Crippen molar-refractivity contribution in [2.45, 2.75) is 32.9 Å². The molecular formula is C25H20ClN2O5S-. The summed E-state index contributed by atoms with van der Waals surface area (Å²) >= 11 is 7.26. The van der Waals surface area contributed by atoms with Crippen molar-refractivity contribution in [3.05, 3.63) is 101 Å². The molecule has 1 aliphatic rings. The van der Waals surface area contributed by atoms with Crippen LogP contribution in [0.2, 0.25) is 5.02 Å². The summed E-state index contributed by atoms with van der Waals surface area (Å²) < 4.78 is 7.35. The molecule has 9 heteroatoms. The maximum Gasteiger partial charge on any atom is 0.338 e. The van der Waals surface area contributed by atoms with E-state index in [1.54, 1.807) is 63.2 Å². The van der Waals surface area contributed by atoms with Crippen molar-refractivity contribution >= 4 is 41.0 Å². The molecule has 0 amide bonds. The van der Waals surface area contributed by atoms with Crippen LogP contribution in [-0.2, 0) is 9.53 Å². The van der Waals surface area contributed by atoms with Crippen LogP contribution < -0.4 is 20.0 Å². The number of allylic oxidation sites excluding steroid dienone is 1. The van der Waals surface area contributed by atoms with Crippen molar-refractivity contribution in [3.63, 3.8) is 0 Å². The summed E-state index contributed by atoms with van der Waals surface area (Å²) in [6.45, 7) is 5.23. The third-order valence-electron chi connectivity index (χ3n) is 5.21. The minimum absolute atomic E-state index is 0.0466. The van der Waals surface area contributed by atoms with Crippen LogP contribution in [0.4, 0.5) is 0 Å². The number of hydrogen-bond acceptors (Lipinski definition) is 7. The Bertz CT molecular complexity index is 1480. The molecule has 2 heterocycles. The number of fused-ring (bicyclic) bond motifs is 1. The molecular weight excluding hydrogens is 476 g/mol. The fourth-order valence-corrected chi connectivity index (χ4v) is 4.86. The maximum atomic E-state index is 13.5. The number of carbonyl (C=O) groups is 2. The van der Waals surface area contributed by atoms with Gasteiger partial charge in [0.1, 0.15) is 0 Å². The number of hydrogen-bond donors (Lipinski definition) is 0. The number of carbonyl (C=O) groups excluding carboxylic acids is 2. The van der Waals surface area contributed by atoms with Gasteiger partial charge in [0.25, 0.3) is 5.56 Å². The van der Waals surface area contributed by atoms with E-state index < -0.39 is 18.0 Å². The molecule has 2 aromatic carbocycles. The molecule has 0 bridgehead atoms. The van der Waals surface area contributed by atoms with E-state index in [2.05, 4.69) is 4.99 Å². The molecule has 1 aromatic heterocycles. The van der Waals surface area contributed by atoms with Crippen LogP contribution in [0.3, 0.4) is 0 Å². The molecule has 0 radical (unpaired) electrons. The number of nitrogens with zero attached hydrogens (tertiary/aromatic N) is 2. The molecule has 7 nitrogen and oxygen atoms in total. The predicted octanol–water partition coefficient (Wildman–Crippen LogP) is 2.20. The second-order valence-corrected chi connectivity index (χ2v) is 9.44. The summed E-state index contributed by atoms with van der Waals surface area (Å²) in [5.74, 6) is -1.81. The summed E-state index contributed by atoms with van der Waals surface area (Å²) in [5.41, 5.74) is 1.82. The highest BCUT2D eigenvalue weighted by Crippen LogP contribution is 2.31. The number of aromatic nitrogens is 1. The Kier molecular flexibility index (Phi) is 6.54. The van der Waals surface area contributed by atoms with E-state index >= 15 is 0 Å². The van der Waals surface area contributed by atoms with Crippen molar-refractivity contribution in [3.8, 4) is 0 Å². The Morgan fingerprint density at radius 2 is 1.79 bits per heavy atom. The van der Waals surface area contributed by atoms with Crippen molar-refractivity contribution in [1.82, 2.24) is 4.57 Å². The first kappa shape index (κ1) is 23.7. The summed E-state index contributed by atoms with van der Waals surface area (Å²) in [6.07, 6.45) is 1.32. The van der Waals surface area contributed by atoms with Gasteiger partial charge in [-0.15, -0.1) is 0 Å². The van der Waals surface area contributed by atoms with Gasteiger partial charge in [0.15, 0.2) is 4.80 Å². The zero-order valence-electron chi connectivity index (χ0n) is 18.6. The van der Waals surface area contributed by atoms with Gasteiger partial charge in [-0.2, -0.15) is 0 Å². The number of halogens is 1. The number of ether oxygens (including phenoxy) is 1. The van der Waals surface area contributed by atoms with E-state index in [1.807, 2.05) is 0 Å². The van der Waals surface area contributed by atoms with Crippen LogP contribution in [0.1, 0.15) is 48.3 Å². The number of carboxylic acids is 1. The molecule has 3 aromatic rings. The lowest BCUT2D eigenvalue weighted by atomic mass is 9.96. The monoisotopic (exact) mass is 495 g/mol. The zero-order valence-corrected chi connectivity index (χ0v) is 20.1. The molecule has 0 aliphatic carbocycles. The molecule has 1 aliphatic heterocycles. The van der Waals surface area contributed by atoms with Crippen LogP contribution in [-0.4, -0.2) is 22.6 Å². The lowest BCUT2D eigenvalue weighted by Crippen LogP contribution is -2.40. The van der Waals surface area contributed by atoms with Gasteiger partial charge in [0.05, 0.1) is 33.9 Å². The Hall–Kier alpha value is -3.49. The predicted molar refractivity (Wildman–Crippen MR) is 127 cm³/mol. The first-order valence-corrected chi connectivity index (χ1v) is 11.7. The van der Waals surface area contributed by atoms with E-state index in [9.17, 15) is 19.5 Å². The Morgan fingerprint density at radius 3 is 2.38 bits per heavy atom. The average Bonchev–Trinajstić information content (AvgIpc) is 3.07. The second-order valence-electron chi connectivity index (χ2n) is 8.00. The summed E-state index contributed by atoms with van der Waals surface area (Å²) in [7, 11) is 0. The molecule has 0 saturated carbocycles. The lowest BCUT2D eigenvalue weighted by Gasteiger charge is -2.25.